The molecule has 0 amide bonds. The minimum atomic E-state index is -4.22. The van der Waals surface area contributed by atoms with Gasteiger partial charge in [-0.3, -0.25) is 4.72 Å². The van der Waals surface area contributed by atoms with E-state index in [0.29, 0.717) is 23.1 Å². The lowest BCUT2D eigenvalue weighted by molar-refractivity contribution is 0.588. The van der Waals surface area contributed by atoms with E-state index in [0.717, 1.165) is 24.9 Å². The monoisotopic (exact) mass is 469 g/mol. The number of benzene rings is 1. The number of nitrogens with zero attached hydrogens (tertiary/aromatic N) is 4. The second kappa shape index (κ2) is 9.82. The van der Waals surface area contributed by atoms with Crippen LogP contribution in [0.4, 0.5) is 11.6 Å². The van der Waals surface area contributed by atoms with Gasteiger partial charge in [-0.25, -0.2) is 29.9 Å². The Morgan fingerprint density at radius 3 is 2.68 bits per heavy atom. The third-order valence-corrected chi connectivity index (χ3v) is 6.87. The summed E-state index contributed by atoms with van der Waals surface area (Å²) >= 11 is 1.05. The van der Waals surface area contributed by atoms with Crippen molar-refractivity contribution < 1.29 is 8.42 Å². The summed E-state index contributed by atoms with van der Waals surface area (Å²) in [5.74, 6) is 5.83. The zero-order valence-corrected chi connectivity index (χ0v) is 18.4. The Hall–Kier alpha value is -2.40. The average Bonchev–Trinajstić information content (AvgIpc) is 3.22. The summed E-state index contributed by atoms with van der Waals surface area (Å²) in [5, 5.41) is 9.43. The topological polar surface area (TPSA) is 222 Å². The van der Waals surface area contributed by atoms with Gasteiger partial charge in [-0.1, -0.05) is 0 Å². The van der Waals surface area contributed by atoms with Gasteiger partial charge in [-0.05, 0) is 30.5 Å². The van der Waals surface area contributed by atoms with Crippen molar-refractivity contribution in [3.05, 3.63) is 30.1 Å². The molecular weight excluding hydrogens is 442 g/mol. The number of nitrogens with one attached hydrogen (secondary N) is 2. The first kappa shape index (κ1) is 23.3. The van der Waals surface area contributed by atoms with Gasteiger partial charge in [-0.2, -0.15) is 0 Å². The van der Waals surface area contributed by atoms with Crippen molar-refractivity contribution in [2.24, 2.45) is 33.3 Å². The normalized spacial score (nSPS) is 14.7. The van der Waals surface area contributed by atoms with Crippen LogP contribution in [0.25, 0.3) is 0 Å². The lowest BCUT2D eigenvalue weighted by atomic mass is 10.1. The minimum Gasteiger partial charge on any atom is -0.382 e. The summed E-state index contributed by atoms with van der Waals surface area (Å²) < 4.78 is 30.4. The molecule has 0 saturated heterocycles. The number of fused-ring (bicyclic) bond motifs is 1. The molecule has 0 saturated carbocycles. The molecule has 12 N–H and O–H groups in total. The number of hydrogen-bond acceptors (Lipinski definition) is 11. The Balaban J connectivity index is 2.20. The van der Waals surface area contributed by atoms with E-state index in [-0.39, 0.29) is 35.4 Å². The van der Waals surface area contributed by atoms with Gasteiger partial charge in [0, 0.05) is 49.5 Å². The molecule has 15 heteroatoms. The molecule has 0 spiro atoms. The van der Waals surface area contributed by atoms with Gasteiger partial charge in [0.25, 0.3) is 0 Å². The number of amidine groups is 1. The Bertz CT molecular complexity index is 1050. The first-order valence-electron chi connectivity index (χ1n) is 9.41. The van der Waals surface area contributed by atoms with Gasteiger partial charge in [0.2, 0.25) is 16.0 Å². The van der Waals surface area contributed by atoms with E-state index in [1.54, 1.807) is 18.3 Å². The summed E-state index contributed by atoms with van der Waals surface area (Å²) in [7, 11) is -4.22. The molecule has 31 heavy (non-hydrogen) atoms. The number of rotatable bonds is 9. The fourth-order valence-electron chi connectivity index (χ4n) is 3.30. The van der Waals surface area contributed by atoms with Crippen LogP contribution in [-0.2, 0) is 16.6 Å². The first-order chi connectivity index (χ1) is 14.8. The van der Waals surface area contributed by atoms with E-state index in [9.17, 15) is 8.42 Å². The molecule has 13 nitrogen and oxygen atoms in total. The van der Waals surface area contributed by atoms with Crippen LogP contribution in [0.2, 0.25) is 0 Å². The highest BCUT2D eigenvalue weighted by molar-refractivity contribution is 7.98. The first-order valence-corrected chi connectivity index (χ1v) is 11.8. The molecule has 0 atom stereocenters. The lowest BCUT2D eigenvalue weighted by Crippen LogP contribution is -2.38. The van der Waals surface area contributed by atoms with E-state index in [1.165, 1.54) is 0 Å². The number of aromatic nitrogens is 2. The zero-order valence-electron chi connectivity index (χ0n) is 16.7. The van der Waals surface area contributed by atoms with Crippen molar-refractivity contribution >= 4 is 39.4 Å². The molecule has 1 aromatic heterocycles. The summed E-state index contributed by atoms with van der Waals surface area (Å²) in [6.07, 6.45) is 4.36. The number of anilines is 2. The minimum absolute atomic E-state index is 0.126. The number of hydrazone groups is 1. The Labute approximate surface area is 184 Å². The van der Waals surface area contributed by atoms with Crippen molar-refractivity contribution in [3.8, 4) is 0 Å². The number of hydrazine groups is 1. The van der Waals surface area contributed by atoms with Crippen molar-refractivity contribution in [2.75, 3.05) is 24.5 Å². The molecule has 1 aliphatic heterocycles. The van der Waals surface area contributed by atoms with Gasteiger partial charge in [0.1, 0.15) is 4.90 Å². The predicted molar refractivity (Wildman–Crippen MR) is 121 cm³/mol. The van der Waals surface area contributed by atoms with Crippen molar-refractivity contribution in [3.63, 3.8) is 0 Å². The highest BCUT2D eigenvalue weighted by Crippen LogP contribution is 2.37. The third-order valence-electron chi connectivity index (χ3n) is 4.74. The van der Waals surface area contributed by atoms with Crippen molar-refractivity contribution in [1.82, 2.24) is 19.8 Å². The van der Waals surface area contributed by atoms with Gasteiger partial charge < -0.3 is 26.7 Å². The number of nitrogens with two attached hydrogens (primary N) is 5. The second-order valence-corrected chi connectivity index (χ2v) is 9.15. The van der Waals surface area contributed by atoms with E-state index < -0.39 is 10.0 Å². The molecule has 170 valence electrons. The van der Waals surface area contributed by atoms with Crippen LogP contribution in [0, 0.1) is 0 Å². The Morgan fingerprint density at radius 2 is 2.03 bits per heavy atom. The van der Waals surface area contributed by atoms with Gasteiger partial charge in [0.05, 0.1) is 11.3 Å². The molecule has 3 rings (SSSR count). The lowest BCUT2D eigenvalue weighted by Gasteiger charge is -2.31. The van der Waals surface area contributed by atoms with Gasteiger partial charge >= 0.3 is 0 Å². The Morgan fingerprint density at radius 1 is 1.29 bits per heavy atom. The molecule has 0 bridgehead atoms. The smallest absolute Gasteiger partial charge is 0.240 e. The fraction of sp³-hybridized carbons (Fsp3) is 0.375. The van der Waals surface area contributed by atoms with Crippen LogP contribution in [0.15, 0.2) is 39.4 Å². The molecule has 2 aromatic rings. The molecule has 0 aliphatic carbocycles. The SMILES string of the molecule is NCC(CN)NSc1ccc(N2CCCn3ccnc32)c(/C(N)=N/NN)c1S(N)(=O)=O. The van der Waals surface area contributed by atoms with E-state index in [1.807, 2.05) is 15.7 Å². The summed E-state index contributed by atoms with van der Waals surface area (Å²) in [4.78, 5) is 6.41. The maximum absolute atomic E-state index is 12.7. The number of hydrogen-bond donors (Lipinski definition) is 7. The summed E-state index contributed by atoms with van der Waals surface area (Å²) in [6, 6.07) is 3.16. The molecular formula is C16H27N11O2S2. The maximum Gasteiger partial charge on any atom is 0.240 e. The maximum atomic E-state index is 12.7. The van der Waals surface area contributed by atoms with Crippen LogP contribution in [0.1, 0.15) is 12.0 Å². The number of primary sulfonamides is 1. The van der Waals surface area contributed by atoms with Crippen LogP contribution in [-0.4, -0.2) is 49.5 Å². The standard InChI is InChI=1S/C16H27N11O2S2/c17-8-10(9-18)24-30-12-3-2-11(27-6-1-5-26-7-4-22-16(26)27)13(15(19)23-25-20)14(12)31(21,28)29/h2-4,7,10,24-25H,1,5-6,8-9,17-18,20H2,(H2,19,23)(H2,21,28,29). The van der Waals surface area contributed by atoms with E-state index >= 15 is 0 Å². The zero-order chi connectivity index (χ0) is 22.6. The van der Waals surface area contributed by atoms with Crippen LogP contribution in [0.3, 0.4) is 0 Å². The number of aryl methyl sites for hydroxylation is 1. The molecule has 0 unspecified atom stereocenters. The largest absolute Gasteiger partial charge is 0.382 e. The highest BCUT2D eigenvalue weighted by Gasteiger charge is 2.30. The molecule has 1 aromatic carbocycles. The number of imidazole rings is 1. The quantitative estimate of drug-likeness (QED) is 0.0702. The van der Waals surface area contributed by atoms with Gasteiger partial charge in [-0.15, -0.1) is 5.10 Å². The molecule has 1 aliphatic rings. The van der Waals surface area contributed by atoms with E-state index in [2.05, 4.69) is 20.3 Å². The highest BCUT2D eigenvalue weighted by atomic mass is 32.2. The molecule has 0 fully saturated rings. The summed E-state index contributed by atoms with van der Waals surface area (Å²) in [6.45, 7) is 1.95. The summed E-state index contributed by atoms with van der Waals surface area (Å²) in [5.41, 5.74) is 20.2. The van der Waals surface area contributed by atoms with Crippen LogP contribution < -0.4 is 43.3 Å². The fourth-order valence-corrected chi connectivity index (χ4v) is 5.43. The second-order valence-electron chi connectivity index (χ2n) is 6.77. The number of sulfonamides is 1. The average molecular weight is 470 g/mol. The predicted octanol–water partition coefficient (Wildman–Crippen LogP) is -1.96. The van der Waals surface area contributed by atoms with Gasteiger partial charge in [0.15, 0.2) is 5.84 Å². The third kappa shape index (κ3) is 4.93. The van der Waals surface area contributed by atoms with Crippen LogP contribution >= 0.6 is 11.9 Å². The van der Waals surface area contributed by atoms with Crippen molar-refractivity contribution in [2.45, 2.75) is 28.8 Å². The van der Waals surface area contributed by atoms with Crippen molar-refractivity contribution in [1.29, 1.82) is 0 Å². The molecule has 2 heterocycles. The van der Waals surface area contributed by atoms with E-state index in [4.69, 9.17) is 28.2 Å². The molecule has 0 radical (unpaired) electrons. The van der Waals surface area contributed by atoms with Crippen LogP contribution in [0.5, 0.6) is 0 Å². The Kier molecular flexibility index (Phi) is 7.37.